The topological polar surface area (TPSA) is 192 Å². The van der Waals surface area contributed by atoms with Crippen molar-refractivity contribution in [2.45, 2.75) is 77.0 Å². The SMILES string of the molecule is O=C=CCCCCCCCONc1ccc(C(=O)O)c(O)c1.O=C=CCCCCCCCONc1ccc(C(=O)O)c(O)c1.[Zn]. The van der Waals surface area contributed by atoms with Crippen LogP contribution in [0.4, 0.5) is 11.4 Å². The summed E-state index contributed by atoms with van der Waals surface area (Å²) < 4.78 is 0. The van der Waals surface area contributed by atoms with E-state index in [0.717, 1.165) is 77.0 Å². The molecule has 0 heterocycles. The minimum Gasteiger partial charge on any atom is -0.507 e. The molecule has 0 radical (unpaired) electrons. The van der Waals surface area contributed by atoms with Crippen molar-refractivity contribution in [2.75, 3.05) is 24.2 Å². The molecule has 12 nitrogen and oxygen atoms in total. The summed E-state index contributed by atoms with van der Waals surface area (Å²) >= 11 is 0. The molecule has 45 heavy (non-hydrogen) atoms. The minimum absolute atomic E-state index is 0. The molecule has 2 aromatic carbocycles. The number of anilines is 2. The summed E-state index contributed by atoms with van der Waals surface area (Å²) in [5.41, 5.74) is 6.06. The Bertz CT molecular complexity index is 1150. The fourth-order valence-corrected chi connectivity index (χ4v) is 3.84. The summed E-state index contributed by atoms with van der Waals surface area (Å²) in [5.74, 6) is 0.578. The molecule has 0 aliphatic carbocycles. The second-order valence-electron chi connectivity index (χ2n) is 9.73. The third-order valence-corrected chi connectivity index (χ3v) is 6.19. The van der Waals surface area contributed by atoms with E-state index < -0.39 is 11.9 Å². The van der Waals surface area contributed by atoms with E-state index in [1.54, 1.807) is 11.9 Å². The van der Waals surface area contributed by atoms with Gasteiger partial charge in [-0.1, -0.05) is 38.5 Å². The van der Waals surface area contributed by atoms with Gasteiger partial charge >= 0.3 is 11.9 Å². The number of nitrogens with one attached hydrogen (secondary N) is 2. The Morgan fingerprint density at radius 3 is 1.31 bits per heavy atom. The molecule has 0 unspecified atom stereocenters. The van der Waals surface area contributed by atoms with Crippen LogP contribution < -0.4 is 11.0 Å². The van der Waals surface area contributed by atoms with Crippen molar-refractivity contribution in [2.24, 2.45) is 0 Å². The molecule has 0 amide bonds. The van der Waals surface area contributed by atoms with E-state index in [0.29, 0.717) is 24.6 Å². The van der Waals surface area contributed by atoms with Crippen LogP contribution in [0, 0.1) is 0 Å². The van der Waals surface area contributed by atoms with Gasteiger partial charge in [0, 0.05) is 31.6 Å². The van der Waals surface area contributed by atoms with E-state index in [2.05, 4.69) is 11.0 Å². The third kappa shape index (κ3) is 19.8. The second-order valence-corrected chi connectivity index (χ2v) is 9.73. The third-order valence-electron chi connectivity index (χ3n) is 6.19. The molecule has 13 heteroatoms. The van der Waals surface area contributed by atoms with Crippen LogP contribution in [0.25, 0.3) is 0 Å². The molecule has 0 aliphatic heterocycles. The maximum absolute atomic E-state index is 10.7. The van der Waals surface area contributed by atoms with Crippen LogP contribution in [0.5, 0.6) is 11.5 Å². The minimum atomic E-state index is -1.17. The van der Waals surface area contributed by atoms with Gasteiger partial charge in [-0.3, -0.25) is 20.6 Å². The van der Waals surface area contributed by atoms with Crippen molar-refractivity contribution >= 4 is 35.2 Å². The van der Waals surface area contributed by atoms with Gasteiger partial charge in [-0.05, 0) is 74.9 Å². The van der Waals surface area contributed by atoms with Crippen molar-refractivity contribution in [1.29, 1.82) is 0 Å². The number of carboxylic acid groups (broad SMARTS) is 2. The predicted octanol–water partition coefficient (Wildman–Crippen LogP) is 6.32. The summed E-state index contributed by atoms with van der Waals surface area (Å²) in [6.45, 7) is 1.05. The number of aromatic carboxylic acids is 2. The average molecular weight is 680 g/mol. The maximum Gasteiger partial charge on any atom is 0.339 e. The first kappa shape index (κ1) is 41.0. The van der Waals surface area contributed by atoms with Gasteiger partial charge in [0.2, 0.25) is 0 Å². The second kappa shape index (κ2) is 26.4. The maximum atomic E-state index is 10.7. The molecule has 0 atom stereocenters. The van der Waals surface area contributed by atoms with E-state index in [-0.39, 0.29) is 42.1 Å². The molecule has 2 rings (SSSR count). The van der Waals surface area contributed by atoms with Crippen LogP contribution in [0.15, 0.2) is 48.6 Å². The van der Waals surface area contributed by atoms with Gasteiger partial charge in [-0.15, -0.1) is 0 Å². The Labute approximate surface area is 275 Å². The van der Waals surface area contributed by atoms with Crippen LogP contribution in [0.2, 0.25) is 0 Å². The standard InChI is InChI=1S/2C16H21NO5.Zn/c2*18-10-6-4-2-1-3-5-7-11-22-17-13-8-9-14(16(20)21)15(19)12-13;/h2*6,8-9,12,17,19H,1-5,7,11H2,(H,20,21);. The van der Waals surface area contributed by atoms with Crippen molar-refractivity contribution in [1.82, 2.24) is 0 Å². The first-order valence-electron chi connectivity index (χ1n) is 14.6. The van der Waals surface area contributed by atoms with Crippen LogP contribution in [-0.4, -0.2) is 57.5 Å². The van der Waals surface area contributed by atoms with Gasteiger partial charge in [0.25, 0.3) is 0 Å². The number of phenols is 2. The monoisotopic (exact) mass is 678 g/mol. The number of benzene rings is 2. The van der Waals surface area contributed by atoms with E-state index in [1.807, 2.05) is 0 Å². The van der Waals surface area contributed by atoms with Gasteiger partial charge in [0.05, 0.1) is 24.6 Å². The van der Waals surface area contributed by atoms with E-state index >= 15 is 0 Å². The van der Waals surface area contributed by atoms with Crippen molar-refractivity contribution in [3.8, 4) is 11.5 Å². The molecular formula is C32H42N2O10Zn. The zero-order valence-electron chi connectivity index (χ0n) is 25.5. The molecule has 0 saturated heterocycles. The fraction of sp³-hybridized carbons (Fsp3) is 0.438. The summed E-state index contributed by atoms with van der Waals surface area (Å²) in [6.07, 6.45) is 14.8. The van der Waals surface area contributed by atoms with E-state index in [9.17, 15) is 29.4 Å². The smallest absolute Gasteiger partial charge is 0.339 e. The zero-order chi connectivity index (χ0) is 32.4. The molecule has 0 aromatic heterocycles. The fourth-order valence-electron chi connectivity index (χ4n) is 3.84. The Morgan fingerprint density at radius 2 is 0.978 bits per heavy atom. The van der Waals surface area contributed by atoms with Gasteiger partial charge in [-0.2, -0.15) is 0 Å². The Morgan fingerprint density at radius 1 is 0.622 bits per heavy atom. The number of hydrogen-bond acceptors (Lipinski definition) is 10. The first-order valence-corrected chi connectivity index (χ1v) is 14.6. The van der Waals surface area contributed by atoms with Crippen molar-refractivity contribution in [3.05, 3.63) is 59.7 Å². The molecular weight excluding hydrogens is 638 g/mol. The molecule has 2 aromatic rings. The number of carboxylic acids is 2. The largest absolute Gasteiger partial charge is 0.507 e. The quantitative estimate of drug-likeness (QED) is 0.0352. The number of unbranched alkanes of at least 4 members (excludes halogenated alkanes) is 10. The van der Waals surface area contributed by atoms with Crippen molar-refractivity contribution in [3.63, 3.8) is 0 Å². The zero-order valence-corrected chi connectivity index (χ0v) is 28.4. The number of carbonyl (C=O) groups is 2. The van der Waals surface area contributed by atoms with Crippen molar-refractivity contribution < 1.29 is 68.8 Å². The molecule has 0 bridgehead atoms. The number of hydrogen-bond donors (Lipinski definition) is 6. The molecule has 0 aliphatic rings. The van der Waals surface area contributed by atoms with Crippen LogP contribution in [-0.2, 0) is 38.7 Å². The molecule has 6 N–H and O–H groups in total. The Hall–Kier alpha value is -3.98. The van der Waals surface area contributed by atoms with Gasteiger partial charge in [0.15, 0.2) is 0 Å². The Balaban J connectivity index is 0.000000842. The first-order chi connectivity index (χ1) is 21.3. The molecule has 0 fully saturated rings. The summed E-state index contributed by atoms with van der Waals surface area (Å²) in [7, 11) is 0. The molecule has 0 spiro atoms. The summed E-state index contributed by atoms with van der Waals surface area (Å²) in [6, 6.07) is 8.32. The molecule has 242 valence electrons. The Kier molecular flexibility index (Phi) is 24.1. The molecule has 0 saturated carbocycles. The average Bonchev–Trinajstić information content (AvgIpc) is 2.99. The van der Waals surface area contributed by atoms with Gasteiger partial charge < -0.3 is 20.4 Å². The van der Waals surface area contributed by atoms with Gasteiger partial charge in [0.1, 0.15) is 34.5 Å². The van der Waals surface area contributed by atoms with Crippen LogP contribution >= 0.6 is 0 Å². The number of allylic oxidation sites excluding steroid dienone is 2. The number of rotatable bonds is 22. The number of aromatic hydroxyl groups is 2. The normalized spacial score (nSPS) is 9.78. The van der Waals surface area contributed by atoms with Crippen LogP contribution in [0.1, 0.15) is 97.8 Å². The summed E-state index contributed by atoms with van der Waals surface area (Å²) in [5, 5.41) is 36.6. The summed E-state index contributed by atoms with van der Waals surface area (Å²) in [4.78, 5) is 51.9. The van der Waals surface area contributed by atoms with Crippen LogP contribution in [0.3, 0.4) is 0 Å². The number of carbonyl (C=O) groups excluding carboxylic acids is 2. The van der Waals surface area contributed by atoms with Gasteiger partial charge in [-0.25, -0.2) is 19.2 Å². The van der Waals surface area contributed by atoms with E-state index in [1.165, 1.54) is 48.6 Å². The van der Waals surface area contributed by atoms with E-state index in [4.69, 9.17) is 19.9 Å². The predicted molar refractivity (Wildman–Crippen MR) is 165 cm³/mol.